The molecule has 1 aliphatic rings. The third-order valence-electron chi connectivity index (χ3n) is 3.21. The molecule has 16 heavy (non-hydrogen) atoms. The molecule has 0 amide bonds. The van der Waals surface area contributed by atoms with E-state index in [1.807, 2.05) is 13.0 Å². The second-order valence-corrected chi connectivity index (χ2v) is 5.82. The maximum atomic E-state index is 6.14. The molecule has 0 radical (unpaired) electrons. The smallest absolute Gasteiger partial charge is 0.0501 e. The molecule has 1 saturated carbocycles. The summed E-state index contributed by atoms with van der Waals surface area (Å²) in [5, 5.41) is 4.42. The lowest BCUT2D eigenvalue weighted by molar-refractivity contribution is 0.462. The van der Waals surface area contributed by atoms with Gasteiger partial charge in [0.15, 0.2) is 0 Å². The third kappa shape index (κ3) is 2.92. The van der Waals surface area contributed by atoms with Crippen molar-refractivity contribution in [2.45, 2.75) is 45.1 Å². The van der Waals surface area contributed by atoms with Gasteiger partial charge >= 0.3 is 0 Å². The SMILES string of the molecule is Cc1cc(Br)c(NC2CCCCC2)cc1Cl. The van der Waals surface area contributed by atoms with Crippen molar-refractivity contribution in [1.29, 1.82) is 0 Å². The van der Waals surface area contributed by atoms with E-state index in [1.54, 1.807) is 0 Å². The Kier molecular flexibility index (Phi) is 4.15. The third-order valence-corrected chi connectivity index (χ3v) is 4.28. The largest absolute Gasteiger partial charge is 0.381 e. The number of nitrogens with one attached hydrogen (secondary N) is 1. The van der Waals surface area contributed by atoms with Gasteiger partial charge in [0.2, 0.25) is 0 Å². The molecule has 0 bridgehead atoms. The summed E-state index contributed by atoms with van der Waals surface area (Å²) in [5.74, 6) is 0. The van der Waals surface area contributed by atoms with Gasteiger partial charge in [-0.1, -0.05) is 30.9 Å². The summed E-state index contributed by atoms with van der Waals surface area (Å²) < 4.78 is 1.11. The van der Waals surface area contributed by atoms with E-state index in [9.17, 15) is 0 Å². The number of aryl methyl sites for hydroxylation is 1. The zero-order valence-electron chi connectivity index (χ0n) is 9.52. The lowest BCUT2D eigenvalue weighted by Crippen LogP contribution is -2.22. The van der Waals surface area contributed by atoms with Gasteiger partial charge in [-0.3, -0.25) is 0 Å². The standard InChI is InChI=1S/C13H17BrClN/c1-9-7-11(14)13(8-12(9)15)16-10-5-3-2-4-6-10/h7-8,10,16H,2-6H2,1H3. The Morgan fingerprint density at radius 1 is 1.25 bits per heavy atom. The van der Waals surface area contributed by atoms with Crippen LogP contribution in [0, 0.1) is 6.92 Å². The zero-order chi connectivity index (χ0) is 11.5. The summed E-state index contributed by atoms with van der Waals surface area (Å²) in [6.07, 6.45) is 6.62. The number of hydrogen-bond donors (Lipinski definition) is 1. The second-order valence-electron chi connectivity index (χ2n) is 4.56. The van der Waals surface area contributed by atoms with Crippen LogP contribution in [0.3, 0.4) is 0 Å². The Balaban J connectivity index is 2.11. The Labute approximate surface area is 111 Å². The minimum atomic E-state index is 0.615. The van der Waals surface area contributed by atoms with Gasteiger partial charge in [-0.25, -0.2) is 0 Å². The minimum Gasteiger partial charge on any atom is -0.381 e. The number of anilines is 1. The van der Waals surface area contributed by atoms with Gasteiger partial charge in [0.05, 0.1) is 5.69 Å². The van der Waals surface area contributed by atoms with Crippen LogP contribution < -0.4 is 5.32 Å². The van der Waals surface area contributed by atoms with Gasteiger partial charge in [-0.05, 0) is 53.4 Å². The van der Waals surface area contributed by atoms with Crippen molar-refractivity contribution in [3.05, 3.63) is 27.2 Å². The number of rotatable bonds is 2. The highest BCUT2D eigenvalue weighted by Gasteiger charge is 2.14. The van der Waals surface area contributed by atoms with Gasteiger partial charge in [0, 0.05) is 15.5 Å². The van der Waals surface area contributed by atoms with E-state index < -0.39 is 0 Å². The summed E-state index contributed by atoms with van der Waals surface area (Å²) in [6.45, 7) is 2.03. The maximum absolute atomic E-state index is 6.14. The molecule has 88 valence electrons. The predicted octanol–water partition coefficient (Wildman–Crippen LogP) is 5.16. The molecule has 0 atom stereocenters. The number of halogens is 2. The van der Waals surface area contributed by atoms with E-state index in [0.29, 0.717) is 6.04 Å². The molecule has 1 N–H and O–H groups in total. The van der Waals surface area contributed by atoms with Crippen LogP contribution in [0.2, 0.25) is 5.02 Å². The molecule has 1 nitrogen and oxygen atoms in total. The number of benzene rings is 1. The molecule has 1 aromatic carbocycles. The van der Waals surface area contributed by atoms with Crippen molar-refractivity contribution in [1.82, 2.24) is 0 Å². The molecular formula is C13H17BrClN. The first kappa shape index (κ1) is 12.3. The van der Waals surface area contributed by atoms with E-state index in [2.05, 4.69) is 27.3 Å². The summed E-state index contributed by atoms with van der Waals surface area (Å²) in [4.78, 5) is 0. The average Bonchev–Trinajstić information content (AvgIpc) is 2.27. The molecule has 3 heteroatoms. The quantitative estimate of drug-likeness (QED) is 0.796. The molecule has 0 spiro atoms. The Hall–Kier alpha value is -0.210. The normalized spacial score (nSPS) is 17.4. The van der Waals surface area contributed by atoms with Crippen molar-refractivity contribution < 1.29 is 0 Å². The topological polar surface area (TPSA) is 12.0 Å². The van der Waals surface area contributed by atoms with Gasteiger partial charge < -0.3 is 5.32 Å². The summed E-state index contributed by atoms with van der Waals surface area (Å²) in [5.41, 5.74) is 2.24. The van der Waals surface area contributed by atoms with Crippen LogP contribution in [-0.2, 0) is 0 Å². The Morgan fingerprint density at radius 3 is 2.62 bits per heavy atom. The first-order valence-corrected chi connectivity index (χ1v) is 7.06. The van der Waals surface area contributed by atoms with Crippen LogP contribution in [0.4, 0.5) is 5.69 Å². The highest BCUT2D eigenvalue weighted by Crippen LogP contribution is 2.31. The molecule has 0 saturated heterocycles. The molecule has 0 aromatic heterocycles. The van der Waals surface area contributed by atoms with Crippen LogP contribution in [0.1, 0.15) is 37.7 Å². The molecular weight excluding hydrogens is 286 g/mol. The van der Waals surface area contributed by atoms with E-state index in [1.165, 1.54) is 32.1 Å². The van der Waals surface area contributed by atoms with E-state index in [0.717, 1.165) is 20.7 Å². The first-order valence-electron chi connectivity index (χ1n) is 5.89. The van der Waals surface area contributed by atoms with Crippen LogP contribution in [0.15, 0.2) is 16.6 Å². The molecule has 2 rings (SSSR count). The molecule has 0 unspecified atom stereocenters. The van der Waals surface area contributed by atoms with Crippen LogP contribution in [0.25, 0.3) is 0 Å². The molecule has 0 heterocycles. The van der Waals surface area contributed by atoms with Gasteiger partial charge in [0.1, 0.15) is 0 Å². The summed E-state index contributed by atoms with van der Waals surface area (Å²) in [6, 6.07) is 4.71. The van der Waals surface area contributed by atoms with Crippen LogP contribution >= 0.6 is 27.5 Å². The fourth-order valence-corrected chi connectivity index (χ4v) is 2.96. The summed E-state index contributed by atoms with van der Waals surface area (Å²) in [7, 11) is 0. The zero-order valence-corrected chi connectivity index (χ0v) is 11.9. The van der Waals surface area contributed by atoms with Crippen LogP contribution in [-0.4, -0.2) is 6.04 Å². The predicted molar refractivity (Wildman–Crippen MR) is 74.4 cm³/mol. The Bertz CT molecular complexity index is 372. The fourth-order valence-electron chi connectivity index (χ4n) is 2.22. The van der Waals surface area contributed by atoms with Crippen molar-refractivity contribution in [3.8, 4) is 0 Å². The molecule has 1 aromatic rings. The van der Waals surface area contributed by atoms with Gasteiger partial charge in [-0.15, -0.1) is 0 Å². The monoisotopic (exact) mass is 301 g/mol. The van der Waals surface area contributed by atoms with E-state index in [4.69, 9.17) is 11.6 Å². The summed E-state index contributed by atoms with van der Waals surface area (Å²) >= 11 is 9.73. The molecule has 1 fully saturated rings. The lowest BCUT2D eigenvalue weighted by Gasteiger charge is -2.24. The molecule has 1 aliphatic carbocycles. The highest BCUT2D eigenvalue weighted by atomic mass is 79.9. The minimum absolute atomic E-state index is 0.615. The number of hydrogen-bond acceptors (Lipinski definition) is 1. The maximum Gasteiger partial charge on any atom is 0.0501 e. The van der Waals surface area contributed by atoms with Crippen molar-refractivity contribution in [2.24, 2.45) is 0 Å². The van der Waals surface area contributed by atoms with Crippen LogP contribution in [0.5, 0.6) is 0 Å². The van der Waals surface area contributed by atoms with E-state index in [-0.39, 0.29) is 0 Å². The Morgan fingerprint density at radius 2 is 1.94 bits per heavy atom. The van der Waals surface area contributed by atoms with Gasteiger partial charge in [-0.2, -0.15) is 0 Å². The second kappa shape index (κ2) is 5.42. The highest BCUT2D eigenvalue weighted by molar-refractivity contribution is 9.10. The first-order chi connectivity index (χ1) is 7.66. The van der Waals surface area contributed by atoms with Gasteiger partial charge in [0.25, 0.3) is 0 Å². The van der Waals surface area contributed by atoms with Crippen molar-refractivity contribution >= 4 is 33.2 Å². The molecule has 0 aliphatic heterocycles. The average molecular weight is 303 g/mol. The lowest BCUT2D eigenvalue weighted by atomic mass is 9.95. The van der Waals surface area contributed by atoms with E-state index >= 15 is 0 Å². The fraction of sp³-hybridized carbons (Fsp3) is 0.538. The van der Waals surface area contributed by atoms with Crippen molar-refractivity contribution in [3.63, 3.8) is 0 Å². The van der Waals surface area contributed by atoms with Crippen molar-refractivity contribution in [2.75, 3.05) is 5.32 Å².